The average Bonchev–Trinajstić information content (AvgIpc) is 3.34. The lowest BCUT2D eigenvalue weighted by molar-refractivity contribution is -0.142. The average molecular weight is 448 g/mol. The van der Waals surface area contributed by atoms with Crippen LogP contribution in [0.25, 0.3) is 0 Å². The van der Waals surface area contributed by atoms with Crippen molar-refractivity contribution < 1.29 is 24.1 Å². The number of ether oxygens (including phenoxy) is 3. The Hall–Kier alpha value is -3.51. The second-order valence-electron chi connectivity index (χ2n) is 8.06. The van der Waals surface area contributed by atoms with Crippen LogP contribution in [-0.2, 0) is 11.4 Å². The van der Waals surface area contributed by atoms with Crippen molar-refractivity contribution in [2.45, 2.75) is 31.5 Å². The molecule has 2 unspecified atom stereocenters. The molecule has 1 N–H and O–H groups in total. The number of carboxylic acids is 1. The van der Waals surface area contributed by atoms with Crippen LogP contribution in [0.1, 0.15) is 35.6 Å². The molecular weight excluding hydrogens is 418 g/mol. The van der Waals surface area contributed by atoms with E-state index in [4.69, 9.17) is 14.2 Å². The van der Waals surface area contributed by atoms with E-state index >= 15 is 0 Å². The standard InChI is InChI=1S/C27H29NO5/c1-31-23-11-6-12-24(32-2)25(23)26(28-17-7-10-22(28)27(29)30)20-13-15-21(16-14-20)33-18-19-8-4-3-5-9-19/h3-6,8-9,11-16,22,26H,7,10,17-18H2,1-2H3,(H,29,30). The summed E-state index contributed by atoms with van der Waals surface area (Å²) in [4.78, 5) is 14.1. The maximum Gasteiger partial charge on any atom is 0.320 e. The Balaban J connectivity index is 1.69. The SMILES string of the molecule is COc1cccc(OC)c1C(c1ccc(OCc2ccccc2)cc1)N1CCCC1C(=O)O. The first kappa shape index (κ1) is 22.7. The summed E-state index contributed by atoms with van der Waals surface area (Å²) >= 11 is 0. The molecule has 3 aromatic rings. The number of likely N-dealkylation sites (tertiary alicyclic amines) is 1. The molecule has 0 radical (unpaired) electrons. The molecule has 3 aromatic carbocycles. The molecule has 172 valence electrons. The predicted molar refractivity (Wildman–Crippen MR) is 126 cm³/mol. The Morgan fingerprint density at radius 2 is 1.64 bits per heavy atom. The lowest BCUT2D eigenvalue weighted by Gasteiger charge is -2.33. The molecule has 0 amide bonds. The van der Waals surface area contributed by atoms with Crippen LogP contribution < -0.4 is 14.2 Å². The summed E-state index contributed by atoms with van der Waals surface area (Å²) in [5.74, 6) is 1.28. The monoisotopic (exact) mass is 447 g/mol. The molecule has 1 saturated heterocycles. The number of methoxy groups -OCH3 is 2. The van der Waals surface area contributed by atoms with E-state index in [1.807, 2.05) is 77.7 Å². The molecule has 1 fully saturated rings. The van der Waals surface area contributed by atoms with Gasteiger partial charge in [-0.05, 0) is 48.2 Å². The number of aliphatic carboxylic acids is 1. The van der Waals surface area contributed by atoms with Crippen LogP contribution >= 0.6 is 0 Å². The van der Waals surface area contributed by atoms with Gasteiger partial charge in [-0.15, -0.1) is 0 Å². The summed E-state index contributed by atoms with van der Waals surface area (Å²) in [6.07, 6.45) is 1.44. The van der Waals surface area contributed by atoms with E-state index in [9.17, 15) is 9.90 Å². The Bertz CT molecular complexity index is 1050. The lowest BCUT2D eigenvalue weighted by Crippen LogP contribution is -2.39. The van der Waals surface area contributed by atoms with Gasteiger partial charge in [0.1, 0.15) is 29.9 Å². The van der Waals surface area contributed by atoms with Crippen molar-refractivity contribution in [3.05, 3.63) is 89.5 Å². The van der Waals surface area contributed by atoms with Crippen molar-refractivity contribution in [3.63, 3.8) is 0 Å². The highest BCUT2D eigenvalue weighted by Gasteiger charge is 2.39. The number of benzene rings is 3. The van der Waals surface area contributed by atoms with Gasteiger partial charge in [-0.1, -0.05) is 48.5 Å². The second kappa shape index (κ2) is 10.4. The number of nitrogens with zero attached hydrogens (tertiary/aromatic N) is 1. The maximum atomic E-state index is 12.0. The first-order valence-corrected chi connectivity index (χ1v) is 11.1. The number of carboxylic acid groups (broad SMARTS) is 1. The van der Waals surface area contributed by atoms with Gasteiger partial charge in [0.2, 0.25) is 0 Å². The molecule has 0 bridgehead atoms. The molecule has 0 saturated carbocycles. The van der Waals surface area contributed by atoms with Crippen LogP contribution in [0.4, 0.5) is 0 Å². The van der Waals surface area contributed by atoms with Gasteiger partial charge < -0.3 is 19.3 Å². The number of hydrogen-bond donors (Lipinski definition) is 1. The van der Waals surface area contributed by atoms with Crippen molar-refractivity contribution in [2.24, 2.45) is 0 Å². The van der Waals surface area contributed by atoms with Crippen LogP contribution in [0.3, 0.4) is 0 Å². The summed E-state index contributed by atoms with van der Waals surface area (Å²) in [5.41, 5.74) is 2.88. The molecular formula is C27H29NO5. The number of rotatable bonds is 9. The van der Waals surface area contributed by atoms with E-state index in [1.54, 1.807) is 14.2 Å². The zero-order chi connectivity index (χ0) is 23.2. The minimum Gasteiger partial charge on any atom is -0.496 e. The predicted octanol–water partition coefficient (Wildman–Crippen LogP) is 4.92. The molecule has 1 aliphatic heterocycles. The van der Waals surface area contributed by atoms with Gasteiger partial charge in [-0.3, -0.25) is 9.69 Å². The fraction of sp³-hybridized carbons (Fsp3) is 0.296. The first-order valence-electron chi connectivity index (χ1n) is 11.1. The van der Waals surface area contributed by atoms with Crippen molar-refractivity contribution in [1.82, 2.24) is 4.90 Å². The summed E-state index contributed by atoms with van der Waals surface area (Å²) in [6, 6.07) is 22.6. The minimum absolute atomic E-state index is 0.331. The van der Waals surface area contributed by atoms with Gasteiger partial charge in [0, 0.05) is 6.54 Å². The summed E-state index contributed by atoms with van der Waals surface area (Å²) < 4.78 is 17.3. The first-order chi connectivity index (χ1) is 16.1. The van der Waals surface area contributed by atoms with Gasteiger partial charge in [0.05, 0.1) is 25.8 Å². The largest absolute Gasteiger partial charge is 0.496 e. The normalized spacial score (nSPS) is 16.8. The molecule has 2 atom stereocenters. The van der Waals surface area contributed by atoms with Crippen molar-refractivity contribution in [1.29, 1.82) is 0 Å². The van der Waals surface area contributed by atoms with E-state index in [0.717, 1.165) is 28.9 Å². The molecule has 1 aliphatic rings. The van der Waals surface area contributed by atoms with Crippen molar-refractivity contribution in [3.8, 4) is 17.2 Å². The Labute approximate surface area is 194 Å². The van der Waals surface area contributed by atoms with E-state index < -0.39 is 12.0 Å². The second-order valence-corrected chi connectivity index (χ2v) is 8.06. The summed E-state index contributed by atoms with van der Waals surface area (Å²) in [7, 11) is 3.24. The fourth-order valence-electron chi connectivity index (χ4n) is 4.52. The van der Waals surface area contributed by atoms with Crippen molar-refractivity contribution in [2.75, 3.05) is 20.8 Å². The summed E-state index contributed by atoms with van der Waals surface area (Å²) in [6.45, 7) is 1.16. The van der Waals surface area contributed by atoms with Crippen LogP contribution in [-0.4, -0.2) is 42.8 Å². The maximum absolute atomic E-state index is 12.0. The molecule has 6 heteroatoms. The van der Waals surface area contributed by atoms with E-state index in [-0.39, 0.29) is 6.04 Å². The van der Waals surface area contributed by atoms with Gasteiger partial charge in [-0.2, -0.15) is 0 Å². The highest BCUT2D eigenvalue weighted by molar-refractivity contribution is 5.74. The third-order valence-electron chi connectivity index (χ3n) is 6.09. The quantitative estimate of drug-likeness (QED) is 0.502. The van der Waals surface area contributed by atoms with E-state index in [2.05, 4.69) is 0 Å². The highest BCUT2D eigenvalue weighted by Crippen LogP contribution is 2.43. The van der Waals surface area contributed by atoms with Crippen LogP contribution in [0.5, 0.6) is 17.2 Å². The molecule has 0 aliphatic carbocycles. The lowest BCUT2D eigenvalue weighted by atomic mass is 9.94. The Morgan fingerprint density at radius 3 is 2.24 bits per heavy atom. The third kappa shape index (κ3) is 4.96. The molecule has 4 rings (SSSR count). The van der Waals surface area contributed by atoms with Crippen LogP contribution in [0.2, 0.25) is 0 Å². The number of carbonyl (C=O) groups is 1. The van der Waals surface area contributed by atoms with Gasteiger partial charge in [0.25, 0.3) is 0 Å². The smallest absolute Gasteiger partial charge is 0.320 e. The van der Waals surface area contributed by atoms with Crippen LogP contribution in [0.15, 0.2) is 72.8 Å². The molecule has 6 nitrogen and oxygen atoms in total. The molecule has 33 heavy (non-hydrogen) atoms. The zero-order valence-electron chi connectivity index (χ0n) is 18.9. The highest BCUT2D eigenvalue weighted by atomic mass is 16.5. The summed E-state index contributed by atoms with van der Waals surface area (Å²) in [5, 5.41) is 9.88. The van der Waals surface area contributed by atoms with Crippen LogP contribution in [0, 0.1) is 0 Å². The zero-order valence-corrected chi connectivity index (χ0v) is 18.9. The Kier molecular flexibility index (Phi) is 7.15. The minimum atomic E-state index is -0.811. The van der Waals surface area contributed by atoms with Crippen molar-refractivity contribution >= 4 is 5.97 Å². The topological polar surface area (TPSA) is 68.2 Å². The molecule has 0 aromatic heterocycles. The van der Waals surface area contributed by atoms with Gasteiger partial charge in [-0.25, -0.2) is 0 Å². The van der Waals surface area contributed by atoms with Gasteiger partial charge in [0.15, 0.2) is 0 Å². The molecule has 1 heterocycles. The number of hydrogen-bond acceptors (Lipinski definition) is 5. The van der Waals surface area contributed by atoms with Gasteiger partial charge >= 0.3 is 5.97 Å². The fourth-order valence-corrected chi connectivity index (χ4v) is 4.52. The third-order valence-corrected chi connectivity index (χ3v) is 6.09. The Morgan fingerprint density at radius 1 is 0.970 bits per heavy atom. The van der Waals surface area contributed by atoms with E-state index in [1.165, 1.54) is 0 Å². The van der Waals surface area contributed by atoms with E-state index in [0.29, 0.717) is 31.1 Å². The molecule has 0 spiro atoms.